The third-order valence-corrected chi connectivity index (χ3v) is 4.84. The summed E-state index contributed by atoms with van der Waals surface area (Å²) in [5.74, 6) is 0.763. The summed E-state index contributed by atoms with van der Waals surface area (Å²) >= 11 is 13.0. The van der Waals surface area contributed by atoms with Gasteiger partial charge in [-0.3, -0.25) is 9.56 Å². The third kappa shape index (κ3) is 2.42. The highest BCUT2D eigenvalue weighted by Gasteiger charge is 2.35. The van der Waals surface area contributed by atoms with E-state index in [1.165, 1.54) is 0 Å². The quantitative estimate of drug-likeness (QED) is 0.734. The lowest BCUT2D eigenvalue weighted by molar-refractivity contribution is 0.675. The predicted octanol–water partition coefficient (Wildman–Crippen LogP) is 3.96. The summed E-state index contributed by atoms with van der Waals surface area (Å²) < 4.78 is 1.95. The fourth-order valence-electron chi connectivity index (χ4n) is 3.07. The molecule has 0 saturated heterocycles. The number of benzene rings is 1. The van der Waals surface area contributed by atoms with Crippen molar-refractivity contribution in [3.05, 3.63) is 65.2 Å². The zero-order valence-corrected chi connectivity index (χ0v) is 14.0. The molecular formula is C17H14Cl2N4. The molecule has 0 radical (unpaired) electrons. The van der Waals surface area contributed by atoms with Gasteiger partial charge in [0, 0.05) is 16.5 Å². The smallest absolute Gasteiger partial charge is 0.159 e. The van der Waals surface area contributed by atoms with Gasteiger partial charge < -0.3 is 0 Å². The van der Waals surface area contributed by atoms with Crippen molar-refractivity contribution in [2.24, 2.45) is 10.9 Å². The van der Waals surface area contributed by atoms with E-state index in [4.69, 9.17) is 28.2 Å². The molecule has 1 aromatic carbocycles. The first kappa shape index (κ1) is 14.7. The zero-order chi connectivity index (χ0) is 16.0. The van der Waals surface area contributed by atoms with E-state index in [2.05, 4.69) is 16.3 Å². The summed E-state index contributed by atoms with van der Waals surface area (Å²) in [6.45, 7) is 2.46. The Morgan fingerprint density at radius 3 is 3.00 bits per heavy atom. The van der Waals surface area contributed by atoms with Gasteiger partial charge in [-0.2, -0.15) is 0 Å². The normalized spacial score (nSPS) is 25.5. The van der Waals surface area contributed by atoms with Crippen LogP contribution in [0.25, 0.3) is 5.69 Å². The van der Waals surface area contributed by atoms with Gasteiger partial charge in [-0.25, -0.2) is 0 Å². The molecule has 2 aliphatic rings. The Labute approximate surface area is 144 Å². The minimum absolute atomic E-state index is 0.0380. The molecule has 0 saturated carbocycles. The maximum Gasteiger partial charge on any atom is 0.159 e. The number of hydrogen-bond donors (Lipinski definition) is 0. The average molecular weight is 345 g/mol. The Morgan fingerprint density at radius 1 is 1.30 bits per heavy atom. The van der Waals surface area contributed by atoms with Gasteiger partial charge >= 0.3 is 0 Å². The van der Waals surface area contributed by atoms with E-state index in [0.717, 1.165) is 22.8 Å². The molecule has 0 fully saturated rings. The van der Waals surface area contributed by atoms with E-state index in [1.54, 1.807) is 6.33 Å². The van der Waals surface area contributed by atoms with Crippen molar-refractivity contribution in [1.82, 2.24) is 14.8 Å². The predicted molar refractivity (Wildman–Crippen MR) is 92.6 cm³/mol. The van der Waals surface area contributed by atoms with Crippen molar-refractivity contribution in [3.8, 4) is 5.69 Å². The second-order valence-electron chi connectivity index (χ2n) is 5.85. The number of rotatable bonds is 1. The first-order chi connectivity index (χ1) is 11.1. The molecule has 1 aromatic heterocycles. The lowest BCUT2D eigenvalue weighted by Gasteiger charge is -2.30. The molecule has 2 aromatic rings. The topological polar surface area (TPSA) is 43.1 Å². The highest BCUT2D eigenvalue weighted by Crippen LogP contribution is 2.37. The Morgan fingerprint density at radius 2 is 2.17 bits per heavy atom. The summed E-state index contributed by atoms with van der Waals surface area (Å²) in [5.41, 5.74) is 2.86. The van der Waals surface area contributed by atoms with Crippen LogP contribution in [0, 0.1) is 5.92 Å². The van der Waals surface area contributed by atoms with Crippen LogP contribution in [-0.2, 0) is 6.54 Å². The first-order valence-corrected chi connectivity index (χ1v) is 8.10. The van der Waals surface area contributed by atoms with Crippen LogP contribution in [0.2, 0.25) is 5.02 Å². The molecule has 0 spiro atoms. The molecule has 6 heteroatoms. The van der Waals surface area contributed by atoms with E-state index in [0.29, 0.717) is 11.6 Å². The molecular weight excluding hydrogens is 331 g/mol. The Kier molecular flexibility index (Phi) is 3.39. The molecule has 0 bridgehead atoms. The molecule has 23 heavy (non-hydrogen) atoms. The van der Waals surface area contributed by atoms with E-state index in [1.807, 2.05) is 47.9 Å². The Bertz CT molecular complexity index is 861. The Hall–Kier alpha value is -1.91. The van der Waals surface area contributed by atoms with Crippen molar-refractivity contribution < 1.29 is 0 Å². The van der Waals surface area contributed by atoms with Crippen LogP contribution in [0.3, 0.4) is 0 Å². The van der Waals surface area contributed by atoms with Crippen molar-refractivity contribution in [2.45, 2.75) is 18.3 Å². The second-order valence-corrected chi connectivity index (χ2v) is 7.10. The number of hydrogen-bond acceptors (Lipinski definition) is 3. The maximum atomic E-state index is 6.73. The van der Waals surface area contributed by atoms with Crippen molar-refractivity contribution in [1.29, 1.82) is 0 Å². The molecule has 2 unspecified atom stereocenters. The van der Waals surface area contributed by atoms with Gasteiger partial charge in [0.05, 0.1) is 22.8 Å². The highest BCUT2D eigenvalue weighted by molar-refractivity contribution is 6.31. The average Bonchev–Trinajstić information content (AvgIpc) is 2.92. The molecule has 1 aliphatic carbocycles. The van der Waals surface area contributed by atoms with Gasteiger partial charge in [0.15, 0.2) is 5.82 Å². The van der Waals surface area contributed by atoms with Crippen molar-refractivity contribution in [2.75, 3.05) is 0 Å². The lowest BCUT2D eigenvalue weighted by Crippen LogP contribution is -2.33. The number of fused-ring (bicyclic) bond motifs is 3. The molecule has 0 N–H and O–H groups in total. The number of aliphatic imine (C=N–C) groups is 1. The largest absolute Gasteiger partial charge is 0.283 e. The van der Waals surface area contributed by atoms with Gasteiger partial charge in [-0.1, -0.05) is 35.9 Å². The minimum Gasteiger partial charge on any atom is -0.283 e. The second kappa shape index (κ2) is 5.32. The van der Waals surface area contributed by atoms with Gasteiger partial charge in [0.2, 0.25) is 0 Å². The van der Waals surface area contributed by atoms with E-state index in [9.17, 15) is 0 Å². The van der Waals surface area contributed by atoms with Crippen LogP contribution in [0.5, 0.6) is 0 Å². The van der Waals surface area contributed by atoms with Gasteiger partial charge in [0.25, 0.3) is 0 Å². The maximum absolute atomic E-state index is 6.73. The number of nitrogens with zero attached hydrogens (tertiary/aromatic N) is 4. The minimum atomic E-state index is -0.530. The number of allylic oxidation sites excluding steroid dienone is 4. The molecule has 4 nitrogen and oxygen atoms in total. The van der Waals surface area contributed by atoms with Crippen LogP contribution in [-0.4, -0.2) is 25.4 Å². The molecule has 2 atom stereocenters. The lowest BCUT2D eigenvalue weighted by atomic mass is 9.82. The van der Waals surface area contributed by atoms with E-state index < -0.39 is 4.87 Å². The fraction of sp³-hybridized carbons (Fsp3) is 0.235. The number of aromatic nitrogens is 3. The summed E-state index contributed by atoms with van der Waals surface area (Å²) in [7, 11) is 0. The molecule has 2 heterocycles. The number of halogens is 2. The SMILES string of the molecule is CC1(Cl)C=CC=CC1C1=NCc2nncn2-c2ccc(Cl)cc21. The highest BCUT2D eigenvalue weighted by atomic mass is 35.5. The number of alkyl halides is 1. The first-order valence-electron chi connectivity index (χ1n) is 7.35. The summed E-state index contributed by atoms with van der Waals surface area (Å²) in [4.78, 5) is 4.27. The third-order valence-electron chi connectivity index (χ3n) is 4.24. The van der Waals surface area contributed by atoms with Gasteiger partial charge in [-0.15, -0.1) is 21.8 Å². The van der Waals surface area contributed by atoms with Crippen LogP contribution >= 0.6 is 23.2 Å². The van der Waals surface area contributed by atoms with Crippen LogP contribution in [0.4, 0.5) is 0 Å². The standard InChI is InChI=1S/C17H14Cl2N4/c1-17(19)7-3-2-4-13(17)16-12-8-11(18)5-6-14(12)23-10-21-22-15(23)9-20-16/h2-8,10,13H,9H2,1H3. The van der Waals surface area contributed by atoms with Crippen molar-refractivity contribution in [3.63, 3.8) is 0 Å². The zero-order valence-electron chi connectivity index (χ0n) is 12.4. The summed E-state index contributed by atoms with van der Waals surface area (Å²) in [6.07, 6.45) is 9.76. The molecule has 116 valence electrons. The Balaban J connectivity index is 1.93. The summed E-state index contributed by atoms with van der Waals surface area (Å²) in [6, 6.07) is 5.77. The summed E-state index contributed by atoms with van der Waals surface area (Å²) in [5, 5.41) is 8.82. The van der Waals surface area contributed by atoms with E-state index >= 15 is 0 Å². The van der Waals surface area contributed by atoms with Crippen LogP contribution in [0.15, 0.2) is 53.8 Å². The monoisotopic (exact) mass is 344 g/mol. The van der Waals surface area contributed by atoms with Crippen LogP contribution in [0.1, 0.15) is 18.3 Å². The molecule has 1 aliphatic heterocycles. The van der Waals surface area contributed by atoms with Gasteiger partial charge in [-0.05, 0) is 25.1 Å². The van der Waals surface area contributed by atoms with Crippen molar-refractivity contribution >= 4 is 28.9 Å². The molecule has 4 rings (SSSR count). The van der Waals surface area contributed by atoms with Gasteiger partial charge in [0.1, 0.15) is 6.33 Å². The van der Waals surface area contributed by atoms with E-state index in [-0.39, 0.29) is 5.92 Å². The van der Waals surface area contributed by atoms with Crippen LogP contribution < -0.4 is 0 Å². The fourth-order valence-corrected chi connectivity index (χ4v) is 3.49. The molecule has 0 amide bonds.